The summed E-state index contributed by atoms with van der Waals surface area (Å²) in [7, 11) is 0. The van der Waals surface area contributed by atoms with Crippen molar-refractivity contribution in [3.8, 4) is 16.9 Å². The fraction of sp³-hybridized carbons (Fsp3) is 0.500. The van der Waals surface area contributed by atoms with E-state index in [0.717, 1.165) is 25.0 Å². The molecule has 0 spiro atoms. The maximum atomic E-state index is 14.7. The summed E-state index contributed by atoms with van der Waals surface area (Å²) in [5, 5.41) is 0. The van der Waals surface area contributed by atoms with Gasteiger partial charge < -0.3 is 9.47 Å². The molecule has 0 heterocycles. The molecule has 3 nitrogen and oxygen atoms in total. The number of unbranched alkanes of at least 4 members (excludes halogenated alkanes) is 5. The predicted octanol–water partition coefficient (Wildman–Crippen LogP) is 8.26. The Bertz CT molecular complexity index is 910. The van der Waals surface area contributed by atoms with Crippen LogP contribution < -0.4 is 4.74 Å². The van der Waals surface area contributed by atoms with Crippen LogP contribution in [0.25, 0.3) is 11.1 Å². The van der Waals surface area contributed by atoms with Gasteiger partial charge in [-0.05, 0) is 36.6 Å². The summed E-state index contributed by atoms with van der Waals surface area (Å²) in [6, 6.07) is 8.43. The molecule has 0 N–H and O–H groups in total. The number of hydrogen-bond donors (Lipinski definition) is 0. The van der Waals surface area contributed by atoms with Gasteiger partial charge in [-0.3, -0.25) is 0 Å². The van der Waals surface area contributed by atoms with Gasteiger partial charge in [0.2, 0.25) is 0 Å². The SMILES string of the molecule is CCCCCCCCOc1ccc(-c2ccc(C(=O)OC(CCC)C(F)(F)F)c(F)c2F)cc1. The van der Waals surface area contributed by atoms with Crippen molar-refractivity contribution in [2.45, 2.75) is 77.5 Å². The number of esters is 1. The topological polar surface area (TPSA) is 35.5 Å². The third kappa shape index (κ3) is 7.99. The van der Waals surface area contributed by atoms with Crippen LogP contribution in [0.3, 0.4) is 0 Å². The van der Waals surface area contributed by atoms with Gasteiger partial charge in [-0.2, -0.15) is 13.2 Å². The van der Waals surface area contributed by atoms with Crippen molar-refractivity contribution < 1.29 is 36.2 Å². The first-order valence-corrected chi connectivity index (χ1v) is 11.7. The van der Waals surface area contributed by atoms with E-state index < -0.39 is 41.9 Å². The summed E-state index contributed by atoms with van der Waals surface area (Å²) < 4.78 is 78.3. The van der Waals surface area contributed by atoms with Gasteiger partial charge in [-0.25, -0.2) is 13.6 Å². The summed E-state index contributed by atoms with van der Waals surface area (Å²) in [5.74, 6) is -3.86. The van der Waals surface area contributed by atoms with Gasteiger partial charge in [-0.1, -0.05) is 70.6 Å². The van der Waals surface area contributed by atoms with E-state index in [9.17, 15) is 26.7 Å². The molecule has 8 heteroatoms. The van der Waals surface area contributed by atoms with Crippen LogP contribution in [0, 0.1) is 11.6 Å². The molecular formula is C26H31F5O3. The molecule has 1 atom stereocenters. The Balaban J connectivity index is 2.03. The van der Waals surface area contributed by atoms with E-state index in [1.165, 1.54) is 32.6 Å². The molecule has 2 aromatic rings. The van der Waals surface area contributed by atoms with Crippen LogP contribution in [0.5, 0.6) is 5.75 Å². The van der Waals surface area contributed by atoms with Crippen molar-refractivity contribution in [3.05, 3.63) is 53.6 Å². The van der Waals surface area contributed by atoms with Gasteiger partial charge in [0.1, 0.15) is 5.75 Å². The summed E-state index contributed by atoms with van der Waals surface area (Å²) in [4.78, 5) is 12.1. The maximum absolute atomic E-state index is 14.7. The van der Waals surface area contributed by atoms with Crippen molar-refractivity contribution in [1.82, 2.24) is 0 Å². The Hall–Kier alpha value is -2.64. The standard InChI is InChI=1S/C26H31F5O3/c1-3-5-6-7-8-9-17-33-19-13-11-18(12-14-19)20-15-16-21(24(28)23(20)27)25(32)34-22(10-4-2)26(29,30)31/h11-16,22H,3-10,17H2,1-2H3. The number of hydrogen-bond acceptors (Lipinski definition) is 3. The lowest BCUT2D eigenvalue weighted by molar-refractivity contribution is -0.206. The molecule has 34 heavy (non-hydrogen) atoms. The first kappa shape index (κ1) is 27.6. The minimum atomic E-state index is -4.79. The predicted molar refractivity (Wildman–Crippen MR) is 121 cm³/mol. The van der Waals surface area contributed by atoms with Crippen LogP contribution in [-0.2, 0) is 4.74 Å². The third-order valence-corrected chi connectivity index (χ3v) is 5.40. The second kappa shape index (κ2) is 13.3. The molecule has 0 aromatic heterocycles. The molecule has 0 aliphatic heterocycles. The van der Waals surface area contributed by atoms with Gasteiger partial charge in [0.15, 0.2) is 17.7 Å². The van der Waals surface area contributed by atoms with Crippen molar-refractivity contribution >= 4 is 5.97 Å². The van der Waals surface area contributed by atoms with Crippen molar-refractivity contribution in [2.75, 3.05) is 6.61 Å². The number of alkyl halides is 3. The molecule has 2 rings (SSSR count). The Kier molecular flexibility index (Phi) is 10.8. The molecule has 0 bridgehead atoms. The van der Waals surface area contributed by atoms with Gasteiger partial charge in [-0.15, -0.1) is 0 Å². The van der Waals surface area contributed by atoms with Crippen molar-refractivity contribution in [3.63, 3.8) is 0 Å². The molecule has 0 saturated heterocycles. The first-order chi connectivity index (χ1) is 16.2. The fourth-order valence-electron chi connectivity index (χ4n) is 3.48. The summed E-state index contributed by atoms with van der Waals surface area (Å²) in [6.45, 7) is 4.21. The van der Waals surface area contributed by atoms with Crippen LogP contribution in [0.4, 0.5) is 22.0 Å². The molecule has 0 radical (unpaired) electrons. The molecular weight excluding hydrogens is 455 g/mol. The second-order valence-electron chi connectivity index (χ2n) is 8.15. The van der Waals surface area contributed by atoms with Crippen LogP contribution in [-0.4, -0.2) is 24.9 Å². The number of carbonyl (C=O) groups excluding carboxylic acids is 1. The van der Waals surface area contributed by atoms with E-state index in [4.69, 9.17) is 4.74 Å². The normalized spacial score (nSPS) is 12.4. The minimum Gasteiger partial charge on any atom is -0.494 e. The molecule has 0 saturated carbocycles. The molecule has 188 valence electrons. The van der Waals surface area contributed by atoms with Crippen molar-refractivity contribution in [2.24, 2.45) is 0 Å². The Morgan fingerprint density at radius 2 is 1.50 bits per heavy atom. The smallest absolute Gasteiger partial charge is 0.425 e. The number of halogens is 5. The van der Waals surface area contributed by atoms with E-state index in [1.54, 1.807) is 24.3 Å². The van der Waals surface area contributed by atoms with Crippen LogP contribution in [0.2, 0.25) is 0 Å². The summed E-state index contributed by atoms with van der Waals surface area (Å²) >= 11 is 0. The lowest BCUT2D eigenvalue weighted by atomic mass is 10.0. The summed E-state index contributed by atoms with van der Waals surface area (Å²) in [5.41, 5.74) is -0.676. The largest absolute Gasteiger partial charge is 0.494 e. The second-order valence-corrected chi connectivity index (χ2v) is 8.15. The molecule has 0 aliphatic rings. The van der Waals surface area contributed by atoms with E-state index in [-0.39, 0.29) is 12.0 Å². The van der Waals surface area contributed by atoms with E-state index in [1.807, 2.05) is 0 Å². The Morgan fingerprint density at radius 3 is 2.12 bits per heavy atom. The lowest BCUT2D eigenvalue weighted by Gasteiger charge is -2.20. The quantitative estimate of drug-likeness (QED) is 0.162. The zero-order valence-corrected chi connectivity index (χ0v) is 19.5. The molecule has 1 unspecified atom stereocenters. The van der Waals surface area contributed by atoms with E-state index >= 15 is 0 Å². The Labute approximate surface area is 197 Å². The highest BCUT2D eigenvalue weighted by Crippen LogP contribution is 2.31. The van der Waals surface area contributed by atoms with Crippen LogP contribution >= 0.6 is 0 Å². The molecule has 2 aromatic carbocycles. The van der Waals surface area contributed by atoms with Crippen molar-refractivity contribution in [1.29, 1.82) is 0 Å². The fourth-order valence-corrected chi connectivity index (χ4v) is 3.48. The number of rotatable bonds is 13. The third-order valence-electron chi connectivity index (χ3n) is 5.40. The highest BCUT2D eigenvalue weighted by molar-refractivity contribution is 5.90. The molecule has 0 fully saturated rings. The van der Waals surface area contributed by atoms with Crippen LogP contribution in [0.15, 0.2) is 36.4 Å². The van der Waals surface area contributed by atoms with E-state index in [2.05, 4.69) is 11.7 Å². The lowest BCUT2D eigenvalue weighted by Crippen LogP contribution is -2.34. The average Bonchev–Trinajstić information content (AvgIpc) is 2.80. The number of ether oxygens (including phenoxy) is 2. The minimum absolute atomic E-state index is 0.103. The highest BCUT2D eigenvalue weighted by atomic mass is 19.4. The van der Waals surface area contributed by atoms with Gasteiger partial charge >= 0.3 is 12.1 Å². The van der Waals surface area contributed by atoms with E-state index in [0.29, 0.717) is 17.9 Å². The summed E-state index contributed by atoms with van der Waals surface area (Å²) in [6.07, 6.45) is -0.722. The van der Waals surface area contributed by atoms with Crippen LogP contribution in [0.1, 0.15) is 75.6 Å². The van der Waals surface area contributed by atoms with Gasteiger partial charge in [0, 0.05) is 5.56 Å². The zero-order chi connectivity index (χ0) is 25.1. The zero-order valence-electron chi connectivity index (χ0n) is 19.5. The monoisotopic (exact) mass is 486 g/mol. The van der Waals surface area contributed by atoms with Gasteiger partial charge in [0.05, 0.1) is 12.2 Å². The number of benzene rings is 2. The molecule has 0 aliphatic carbocycles. The first-order valence-electron chi connectivity index (χ1n) is 11.7. The molecule has 0 amide bonds. The average molecular weight is 487 g/mol. The maximum Gasteiger partial charge on any atom is 0.425 e. The Morgan fingerprint density at radius 1 is 0.853 bits per heavy atom. The number of carbonyl (C=O) groups is 1. The van der Waals surface area contributed by atoms with Gasteiger partial charge in [0.25, 0.3) is 0 Å². The highest BCUT2D eigenvalue weighted by Gasteiger charge is 2.42.